The quantitative estimate of drug-likeness (QED) is 0.794. The number of rotatable bonds is 5. The maximum absolute atomic E-state index is 5.93. The van der Waals surface area contributed by atoms with Crippen LogP contribution < -0.4 is 5.32 Å². The molecule has 2 nitrogen and oxygen atoms in total. The van der Waals surface area contributed by atoms with Crippen LogP contribution in [0.3, 0.4) is 0 Å². The summed E-state index contributed by atoms with van der Waals surface area (Å²) >= 11 is 0. The molecular formula is C15H29NO. The van der Waals surface area contributed by atoms with Crippen LogP contribution in [0.15, 0.2) is 0 Å². The van der Waals surface area contributed by atoms with E-state index in [4.69, 9.17) is 4.74 Å². The highest BCUT2D eigenvalue weighted by Crippen LogP contribution is 2.33. The van der Waals surface area contributed by atoms with Crippen molar-refractivity contribution in [1.29, 1.82) is 0 Å². The van der Waals surface area contributed by atoms with Crippen LogP contribution >= 0.6 is 0 Å². The van der Waals surface area contributed by atoms with Crippen LogP contribution in [0.25, 0.3) is 0 Å². The van der Waals surface area contributed by atoms with Crippen molar-refractivity contribution < 1.29 is 4.74 Å². The van der Waals surface area contributed by atoms with E-state index in [1.54, 1.807) is 0 Å². The molecule has 1 saturated carbocycles. The predicted molar refractivity (Wildman–Crippen MR) is 72.2 cm³/mol. The molecule has 2 atom stereocenters. The molecule has 0 bridgehead atoms. The van der Waals surface area contributed by atoms with Crippen LogP contribution in [0, 0.1) is 11.8 Å². The lowest BCUT2D eigenvalue weighted by molar-refractivity contribution is 0.0463. The molecule has 0 spiro atoms. The van der Waals surface area contributed by atoms with Crippen molar-refractivity contribution in [3.63, 3.8) is 0 Å². The monoisotopic (exact) mass is 239 g/mol. The molecule has 1 aliphatic heterocycles. The first-order valence-electron chi connectivity index (χ1n) is 7.66. The molecule has 1 aliphatic carbocycles. The minimum absolute atomic E-state index is 0.500. The zero-order valence-corrected chi connectivity index (χ0v) is 11.6. The van der Waals surface area contributed by atoms with E-state index in [1.807, 2.05) is 0 Å². The minimum Gasteiger partial charge on any atom is -0.377 e. The molecule has 2 rings (SSSR count). The van der Waals surface area contributed by atoms with E-state index in [0.717, 1.165) is 25.0 Å². The molecule has 2 aliphatic rings. The predicted octanol–water partition coefficient (Wildman–Crippen LogP) is 3.36. The van der Waals surface area contributed by atoms with E-state index in [2.05, 4.69) is 19.2 Å². The average molecular weight is 239 g/mol. The third-order valence-electron chi connectivity index (χ3n) is 4.56. The van der Waals surface area contributed by atoms with Crippen LogP contribution in [0.2, 0.25) is 0 Å². The van der Waals surface area contributed by atoms with Crippen molar-refractivity contribution in [2.24, 2.45) is 11.8 Å². The van der Waals surface area contributed by atoms with E-state index in [1.165, 1.54) is 44.9 Å². The number of hydrogen-bond donors (Lipinski definition) is 1. The number of nitrogens with one attached hydrogen (secondary N) is 1. The summed E-state index contributed by atoms with van der Waals surface area (Å²) in [5.41, 5.74) is 0. The molecule has 2 heteroatoms. The Morgan fingerprint density at radius 1 is 1.18 bits per heavy atom. The number of hydrogen-bond acceptors (Lipinski definition) is 2. The van der Waals surface area contributed by atoms with Crippen molar-refractivity contribution >= 4 is 0 Å². The Bertz CT molecular complexity index is 205. The fourth-order valence-corrected chi connectivity index (χ4v) is 3.44. The summed E-state index contributed by atoms with van der Waals surface area (Å²) in [6, 6.07) is 0.630. The third kappa shape index (κ3) is 3.69. The van der Waals surface area contributed by atoms with Crippen molar-refractivity contribution in [2.75, 3.05) is 13.2 Å². The summed E-state index contributed by atoms with van der Waals surface area (Å²) in [7, 11) is 0. The van der Waals surface area contributed by atoms with Crippen LogP contribution in [0.5, 0.6) is 0 Å². The Hall–Kier alpha value is -0.0800. The molecule has 1 N–H and O–H groups in total. The first-order chi connectivity index (χ1) is 8.31. The normalized spacial score (nSPS) is 36.0. The van der Waals surface area contributed by atoms with Gasteiger partial charge in [0, 0.05) is 12.6 Å². The molecule has 17 heavy (non-hydrogen) atoms. The van der Waals surface area contributed by atoms with Gasteiger partial charge in [-0.15, -0.1) is 0 Å². The van der Waals surface area contributed by atoms with Crippen molar-refractivity contribution in [3.8, 4) is 0 Å². The largest absolute Gasteiger partial charge is 0.377 e. The summed E-state index contributed by atoms with van der Waals surface area (Å²) in [5.74, 6) is 1.81. The van der Waals surface area contributed by atoms with Gasteiger partial charge in [0.15, 0.2) is 0 Å². The van der Waals surface area contributed by atoms with Gasteiger partial charge in [-0.3, -0.25) is 0 Å². The first kappa shape index (κ1) is 13.4. The second kappa shape index (κ2) is 6.75. The van der Waals surface area contributed by atoms with E-state index in [-0.39, 0.29) is 0 Å². The lowest BCUT2D eigenvalue weighted by Crippen LogP contribution is -2.46. The molecule has 2 unspecified atom stereocenters. The lowest BCUT2D eigenvalue weighted by Gasteiger charge is -2.36. The minimum atomic E-state index is 0.500. The van der Waals surface area contributed by atoms with Gasteiger partial charge in [0.25, 0.3) is 0 Å². The summed E-state index contributed by atoms with van der Waals surface area (Å²) in [5, 5.41) is 3.77. The molecule has 100 valence electrons. The van der Waals surface area contributed by atoms with Gasteiger partial charge in [0.05, 0.1) is 6.10 Å². The summed E-state index contributed by atoms with van der Waals surface area (Å²) < 4.78 is 5.93. The SMILES string of the molecule is CCCNC(C1CCC(C)CC1)C1CCCO1. The zero-order chi connectivity index (χ0) is 12.1. The van der Waals surface area contributed by atoms with Gasteiger partial charge < -0.3 is 10.1 Å². The molecule has 0 aromatic rings. The zero-order valence-electron chi connectivity index (χ0n) is 11.6. The van der Waals surface area contributed by atoms with Crippen LogP contribution in [-0.4, -0.2) is 25.3 Å². The highest BCUT2D eigenvalue weighted by molar-refractivity contribution is 4.88. The van der Waals surface area contributed by atoms with E-state index in [9.17, 15) is 0 Å². The summed E-state index contributed by atoms with van der Waals surface area (Å²) in [6.07, 6.45) is 9.91. The van der Waals surface area contributed by atoms with E-state index in [0.29, 0.717) is 12.1 Å². The van der Waals surface area contributed by atoms with E-state index < -0.39 is 0 Å². The molecule has 2 fully saturated rings. The van der Waals surface area contributed by atoms with Crippen molar-refractivity contribution in [3.05, 3.63) is 0 Å². The van der Waals surface area contributed by atoms with E-state index >= 15 is 0 Å². The summed E-state index contributed by atoms with van der Waals surface area (Å²) in [4.78, 5) is 0. The van der Waals surface area contributed by atoms with Gasteiger partial charge in [-0.2, -0.15) is 0 Å². The highest BCUT2D eigenvalue weighted by atomic mass is 16.5. The molecule has 0 amide bonds. The van der Waals surface area contributed by atoms with Crippen LogP contribution in [0.1, 0.15) is 58.8 Å². The van der Waals surface area contributed by atoms with Gasteiger partial charge in [-0.05, 0) is 50.5 Å². The maximum atomic E-state index is 5.93. The topological polar surface area (TPSA) is 21.3 Å². The van der Waals surface area contributed by atoms with Gasteiger partial charge in [0.2, 0.25) is 0 Å². The fourth-order valence-electron chi connectivity index (χ4n) is 3.44. The first-order valence-corrected chi connectivity index (χ1v) is 7.66. The van der Waals surface area contributed by atoms with Gasteiger partial charge in [-0.1, -0.05) is 26.7 Å². The molecule has 0 aromatic heterocycles. The Labute approximate surface area is 107 Å². The standard InChI is InChI=1S/C15H29NO/c1-3-10-16-15(14-5-4-11-17-14)13-8-6-12(2)7-9-13/h12-16H,3-11H2,1-2H3. The van der Waals surface area contributed by atoms with Crippen molar-refractivity contribution in [2.45, 2.75) is 70.9 Å². The Morgan fingerprint density at radius 3 is 2.53 bits per heavy atom. The van der Waals surface area contributed by atoms with Gasteiger partial charge in [-0.25, -0.2) is 0 Å². The maximum Gasteiger partial charge on any atom is 0.0731 e. The Balaban J connectivity index is 1.89. The Morgan fingerprint density at radius 2 is 1.94 bits per heavy atom. The average Bonchev–Trinajstić information content (AvgIpc) is 2.85. The lowest BCUT2D eigenvalue weighted by atomic mass is 9.77. The molecule has 1 heterocycles. The van der Waals surface area contributed by atoms with Gasteiger partial charge >= 0.3 is 0 Å². The third-order valence-corrected chi connectivity index (χ3v) is 4.56. The second-order valence-electron chi connectivity index (χ2n) is 6.05. The molecular weight excluding hydrogens is 210 g/mol. The van der Waals surface area contributed by atoms with Gasteiger partial charge in [0.1, 0.15) is 0 Å². The number of ether oxygens (including phenoxy) is 1. The highest BCUT2D eigenvalue weighted by Gasteiger charge is 2.33. The van der Waals surface area contributed by atoms with Crippen LogP contribution in [-0.2, 0) is 4.74 Å². The smallest absolute Gasteiger partial charge is 0.0731 e. The fraction of sp³-hybridized carbons (Fsp3) is 1.00. The van der Waals surface area contributed by atoms with Crippen molar-refractivity contribution in [1.82, 2.24) is 5.32 Å². The summed E-state index contributed by atoms with van der Waals surface area (Å²) in [6.45, 7) is 6.79. The molecule has 0 radical (unpaired) electrons. The van der Waals surface area contributed by atoms with Crippen LogP contribution in [0.4, 0.5) is 0 Å². The Kier molecular flexibility index (Phi) is 5.30. The second-order valence-corrected chi connectivity index (χ2v) is 6.05. The molecule has 1 saturated heterocycles. The molecule has 0 aromatic carbocycles.